The summed E-state index contributed by atoms with van der Waals surface area (Å²) in [7, 11) is 0. The highest BCUT2D eigenvalue weighted by Crippen LogP contribution is 2.13. The Balaban J connectivity index is 3.00. The summed E-state index contributed by atoms with van der Waals surface area (Å²) in [4.78, 5) is 10.1. The van der Waals surface area contributed by atoms with Crippen LogP contribution in [-0.2, 0) is 9.53 Å². The van der Waals surface area contributed by atoms with E-state index in [2.05, 4.69) is 6.92 Å². The molecule has 0 aliphatic carbocycles. The van der Waals surface area contributed by atoms with Crippen LogP contribution in [0.15, 0.2) is 0 Å². The van der Waals surface area contributed by atoms with Gasteiger partial charge >= 0.3 is 0 Å². The van der Waals surface area contributed by atoms with Gasteiger partial charge in [-0.25, -0.2) is 0 Å². The zero-order valence-electron chi connectivity index (χ0n) is 13.2. The van der Waals surface area contributed by atoms with Gasteiger partial charge in [-0.3, -0.25) is 4.79 Å². The van der Waals surface area contributed by atoms with E-state index < -0.39 is 0 Å². The highest BCUT2D eigenvalue weighted by molar-refractivity contribution is 5.37. The predicted octanol–water partition coefficient (Wildman–Crippen LogP) is 5.64. The van der Waals surface area contributed by atoms with Crippen molar-refractivity contribution in [2.45, 2.75) is 103 Å². The molecule has 0 aromatic heterocycles. The molecule has 0 spiro atoms. The van der Waals surface area contributed by atoms with Crippen LogP contribution in [0.1, 0.15) is 97.3 Å². The molecule has 0 N–H and O–H groups in total. The molecule has 0 bridgehead atoms. The van der Waals surface area contributed by atoms with E-state index in [4.69, 9.17) is 4.74 Å². The van der Waals surface area contributed by atoms with Crippen molar-refractivity contribution < 1.29 is 9.53 Å². The molecule has 2 heteroatoms. The third kappa shape index (κ3) is 15.4. The maximum absolute atomic E-state index is 10.1. The van der Waals surface area contributed by atoms with Gasteiger partial charge in [0.15, 0.2) is 0 Å². The first-order valence-corrected chi connectivity index (χ1v) is 8.40. The Labute approximate surface area is 120 Å². The van der Waals surface area contributed by atoms with E-state index in [0.717, 1.165) is 6.42 Å². The van der Waals surface area contributed by atoms with E-state index in [1.807, 2.05) is 6.92 Å². The molecule has 0 aromatic carbocycles. The molecule has 0 rings (SSSR count). The molecule has 0 aliphatic rings. The Kier molecular flexibility index (Phi) is 15.1. The molecule has 2 nitrogen and oxygen atoms in total. The van der Waals surface area contributed by atoms with Gasteiger partial charge < -0.3 is 4.74 Å². The highest BCUT2D eigenvalue weighted by Gasteiger charge is 2.00. The minimum atomic E-state index is 0.0978. The number of carbonyl (C=O) groups is 1. The molecule has 114 valence electrons. The Hall–Kier alpha value is -0.530. The van der Waals surface area contributed by atoms with Gasteiger partial charge in [-0.15, -0.1) is 0 Å². The average Bonchev–Trinajstić information content (AvgIpc) is 2.40. The zero-order chi connectivity index (χ0) is 14.2. The van der Waals surface area contributed by atoms with E-state index in [-0.39, 0.29) is 6.10 Å². The summed E-state index contributed by atoms with van der Waals surface area (Å²) in [5.41, 5.74) is 0. The van der Waals surface area contributed by atoms with Crippen molar-refractivity contribution in [2.75, 3.05) is 0 Å². The molecule has 0 aliphatic heterocycles. The van der Waals surface area contributed by atoms with Gasteiger partial charge in [-0.2, -0.15) is 0 Å². The minimum absolute atomic E-state index is 0.0978. The number of hydrogen-bond acceptors (Lipinski definition) is 2. The van der Waals surface area contributed by atoms with E-state index in [9.17, 15) is 4.79 Å². The van der Waals surface area contributed by atoms with E-state index in [0.29, 0.717) is 6.47 Å². The van der Waals surface area contributed by atoms with Crippen molar-refractivity contribution in [1.82, 2.24) is 0 Å². The van der Waals surface area contributed by atoms with Crippen molar-refractivity contribution in [1.29, 1.82) is 0 Å². The van der Waals surface area contributed by atoms with Crippen LogP contribution in [0.3, 0.4) is 0 Å². The van der Waals surface area contributed by atoms with Crippen molar-refractivity contribution in [3.05, 3.63) is 0 Å². The third-order valence-electron chi connectivity index (χ3n) is 3.75. The third-order valence-corrected chi connectivity index (χ3v) is 3.75. The molecule has 0 radical (unpaired) electrons. The van der Waals surface area contributed by atoms with Crippen LogP contribution in [0.2, 0.25) is 0 Å². The normalized spacial score (nSPS) is 12.3. The summed E-state index contributed by atoms with van der Waals surface area (Å²) in [6.07, 6.45) is 17.6. The summed E-state index contributed by atoms with van der Waals surface area (Å²) < 4.78 is 4.86. The molecular weight excluding hydrogens is 236 g/mol. The first-order chi connectivity index (χ1) is 9.31. The fourth-order valence-corrected chi connectivity index (χ4v) is 2.44. The van der Waals surface area contributed by atoms with Crippen LogP contribution in [0.25, 0.3) is 0 Å². The largest absolute Gasteiger partial charge is 0.465 e. The summed E-state index contributed by atoms with van der Waals surface area (Å²) in [5, 5.41) is 0. The van der Waals surface area contributed by atoms with Crippen LogP contribution >= 0.6 is 0 Å². The van der Waals surface area contributed by atoms with Gasteiger partial charge in [0, 0.05) is 0 Å². The molecule has 1 unspecified atom stereocenters. The molecule has 0 saturated carbocycles. The molecule has 0 heterocycles. The number of carbonyl (C=O) groups excluding carboxylic acids is 1. The predicted molar refractivity (Wildman–Crippen MR) is 82.3 cm³/mol. The van der Waals surface area contributed by atoms with Gasteiger partial charge in [-0.05, 0) is 19.8 Å². The lowest BCUT2D eigenvalue weighted by atomic mass is 10.0. The molecule has 0 saturated heterocycles. The summed E-state index contributed by atoms with van der Waals surface area (Å²) >= 11 is 0. The molecular formula is C17H34O2. The average molecular weight is 270 g/mol. The van der Waals surface area contributed by atoms with Crippen molar-refractivity contribution in [2.24, 2.45) is 0 Å². The second-order valence-electron chi connectivity index (χ2n) is 5.72. The van der Waals surface area contributed by atoms with Gasteiger partial charge in [0.25, 0.3) is 6.47 Å². The standard InChI is InChI=1S/C17H34O2/c1-3-4-5-6-7-8-9-10-11-12-13-14-15-17(2)19-16-18/h16-17H,3-15H2,1-2H3. The zero-order valence-corrected chi connectivity index (χ0v) is 13.2. The van der Waals surface area contributed by atoms with E-state index >= 15 is 0 Å². The molecule has 0 amide bonds. The molecule has 19 heavy (non-hydrogen) atoms. The van der Waals surface area contributed by atoms with Gasteiger partial charge in [0.2, 0.25) is 0 Å². The van der Waals surface area contributed by atoms with Crippen molar-refractivity contribution in [3.63, 3.8) is 0 Å². The second kappa shape index (κ2) is 15.5. The Bertz CT molecular complexity index is 180. The lowest BCUT2D eigenvalue weighted by Crippen LogP contribution is -2.05. The quantitative estimate of drug-likeness (QED) is 0.284. The monoisotopic (exact) mass is 270 g/mol. The fourth-order valence-electron chi connectivity index (χ4n) is 2.44. The van der Waals surface area contributed by atoms with Crippen LogP contribution in [0, 0.1) is 0 Å². The minimum Gasteiger partial charge on any atom is -0.465 e. The Morgan fingerprint density at radius 1 is 0.789 bits per heavy atom. The number of hydrogen-bond donors (Lipinski definition) is 0. The highest BCUT2D eigenvalue weighted by atomic mass is 16.5. The van der Waals surface area contributed by atoms with E-state index in [1.165, 1.54) is 77.0 Å². The smallest absolute Gasteiger partial charge is 0.293 e. The van der Waals surface area contributed by atoms with E-state index in [1.54, 1.807) is 0 Å². The van der Waals surface area contributed by atoms with Crippen LogP contribution in [-0.4, -0.2) is 12.6 Å². The topological polar surface area (TPSA) is 26.3 Å². The van der Waals surface area contributed by atoms with Crippen molar-refractivity contribution >= 4 is 6.47 Å². The molecule has 0 aromatic rings. The Morgan fingerprint density at radius 2 is 1.21 bits per heavy atom. The number of rotatable bonds is 15. The first kappa shape index (κ1) is 18.5. The summed E-state index contributed by atoms with van der Waals surface area (Å²) in [5.74, 6) is 0. The maximum Gasteiger partial charge on any atom is 0.293 e. The van der Waals surface area contributed by atoms with Crippen LogP contribution in [0.4, 0.5) is 0 Å². The Morgan fingerprint density at radius 3 is 1.63 bits per heavy atom. The maximum atomic E-state index is 10.1. The van der Waals surface area contributed by atoms with Crippen LogP contribution < -0.4 is 0 Å². The molecule has 1 atom stereocenters. The number of unbranched alkanes of at least 4 members (excludes halogenated alkanes) is 11. The van der Waals surface area contributed by atoms with Gasteiger partial charge in [0.1, 0.15) is 0 Å². The fraction of sp³-hybridized carbons (Fsp3) is 0.941. The SMILES string of the molecule is CCCCCCCCCCCCCCC(C)OC=O. The summed E-state index contributed by atoms with van der Waals surface area (Å²) in [6, 6.07) is 0. The lowest BCUT2D eigenvalue weighted by Gasteiger charge is -2.08. The van der Waals surface area contributed by atoms with Crippen LogP contribution in [0.5, 0.6) is 0 Å². The second-order valence-corrected chi connectivity index (χ2v) is 5.72. The van der Waals surface area contributed by atoms with Crippen molar-refractivity contribution in [3.8, 4) is 0 Å². The first-order valence-electron chi connectivity index (χ1n) is 8.40. The van der Waals surface area contributed by atoms with Gasteiger partial charge in [0.05, 0.1) is 6.10 Å². The summed E-state index contributed by atoms with van der Waals surface area (Å²) in [6.45, 7) is 4.80. The lowest BCUT2D eigenvalue weighted by molar-refractivity contribution is -0.133. The number of ether oxygens (including phenoxy) is 1. The molecule has 0 fully saturated rings. The van der Waals surface area contributed by atoms with Gasteiger partial charge in [-0.1, -0.05) is 77.6 Å².